The molecular formula is C11H13ClF3N. The van der Waals surface area contributed by atoms with E-state index in [9.17, 15) is 13.2 Å². The molecule has 0 bridgehead atoms. The van der Waals surface area contributed by atoms with Crippen molar-refractivity contribution in [1.82, 2.24) is 0 Å². The minimum Gasteiger partial charge on any atom is -0.385 e. The van der Waals surface area contributed by atoms with Gasteiger partial charge in [-0.3, -0.25) is 0 Å². The lowest BCUT2D eigenvalue weighted by Gasteiger charge is -2.12. The van der Waals surface area contributed by atoms with E-state index in [-0.39, 0.29) is 5.02 Å². The van der Waals surface area contributed by atoms with Gasteiger partial charge in [-0.25, -0.2) is 0 Å². The largest absolute Gasteiger partial charge is 0.417 e. The smallest absolute Gasteiger partial charge is 0.385 e. The highest BCUT2D eigenvalue weighted by atomic mass is 35.5. The van der Waals surface area contributed by atoms with Crippen molar-refractivity contribution >= 4 is 17.3 Å². The number of hydrogen-bond acceptors (Lipinski definition) is 1. The first-order chi connectivity index (χ1) is 7.45. The van der Waals surface area contributed by atoms with E-state index in [2.05, 4.69) is 5.32 Å². The van der Waals surface area contributed by atoms with E-state index in [1.807, 2.05) is 6.92 Å². The van der Waals surface area contributed by atoms with Crippen molar-refractivity contribution in [2.24, 2.45) is 0 Å². The summed E-state index contributed by atoms with van der Waals surface area (Å²) in [5.41, 5.74) is -0.346. The average molecular weight is 252 g/mol. The van der Waals surface area contributed by atoms with Gasteiger partial charge in [0.2, 0.25) is 0 Å². The second kappa shape index (κ2) is 5.43. The summed E-state index contributed by atoms with van der Waals surface area (Å²) in [4.78, 5) is 0. The Morgan fingerprint density at radius 3 is 2.56 bits per heavy atom. The fourth-order valence-corrected chi connectivity index (χ4v) is 1.49. The fraction of sp³-hybridized carbons (Fsp3) is 0.455. The zero-order valence-electron chi connectivity index (χ0n) is 8.87. The molecule has 0 unspecified atom stereocenters. The molecule has 0 spiro atoms. The van der Waals surface area contributed by atoms with Crippen LogP contribution in [0.2, 0.25) is 5.02 Å². The molecule has 0 saturated carbocycles. The first-order valence-corrected chi connectivity index (χ1v) is 5.43. The number of halogens is 4. The van der Waals surface area contributed by atoms with Crippen LogP contribution in [0.5, 0.6) is 0 Å². The van der Waals surface area contributed by atoms with Gasteiger partial charge in [0.25, 0.3) is 0 Å². The quantitative estimate of drug-likeness (QED) is 0.773. The number of nitrogens with one attached hydrogen (secondary N) is 1. The summed E-state index contributed by atoms with van der Waals surface area (Å²) in [5, 5.41) is 2.66. The Kier molecular flexibility index (Phi) is 4.47. The summed E-state index contributed by atoms with van der Waals surface area (Å²) in [6.45, 7) is 2.68. The molecule has 1 aromatic rings. The van der Waals surface area contributed by atoms with Gasteiger partial charge in [-0.15, -0.1) is 0 Å². The van der Waals surface area contributed by atoms with Crippen molar-refractivity contribution in [2.75, 3.05) is 11.9 Å². The molecular weight excluding hydrogens is 239 g/mol. The third-order valence-corrected chi connectivity index (χ3v) is 2.46. The molecule has 1 aromatic carbocycles. The lowest BCUT2D eigenvalue weighted by Crippen LogP contribution is -2.08. The van der Waals surface area contributed by atoms with E-state index >= 15 is 0 Å². The van der Waals surface area contributed by atoms with Gasteiger partial charge in [-0.1, -0.05) is 24.9 Å². The molecule has 0 aliphatic carbocycles. The van der Waals surface area contributed by atoms with Gasteiger partial charge in [-0.05, 0) is 24.6 Å². The highest BCUT2D eigenvalue weighted by molar-refractivity contribution is 6.31. The van der Waals surface area contributed by atoms with Crippen molar-refractivity contribution in [3.63, 3.8) is 0 Å². The van der Waals surface area contributed by atoms with Crippen LogP contribution in [-0.2, 0) is 6.18 Å². The second-order valence-electron chi connectivity index (χ2n) is 3.47. The first-order valence-electron chi connectivity index (χ1n) is 5.05. The van der Waals surface area contributed by atoms with Crippen LogP contribution in [0.25, 0.3) is 0 Å². The SMILES string of the molecule is CCCCNc1ccc(Cl)c(C(F)(F)F)c1. The summed E-state index contributed by atoms with van der Waals surface area (Å²) in [6.07, 6.45) is -2.49. The average Bonchev–Trinajstić information content (AvgIpc) is 2.19. The molecule has 1 rings (SSSR count). The van der Waals surface area contributed by atoms with Crippen molar-refractivity contribution in [3.05, 3.63) is 28.8 Å². The zero-order valence-corrected chi connectivity index (χ0v) is 9.62. The summed E-state index contributed by atoms with van der Waals surface area (Å²) in [6, 6.07) is 3.85. The third-order valence-electron chi connectivity index (χ3n) is 2.13. The third kappa shape index (κ3) is 3.59. The Hall–Kier alpha value is -0.900. The molecule has 0 atom stereocenters. The van der Waals surface area contributed by atoms with E-state index < -0.39 is 11.7 Å². The molecule has 0 heterocycles. The van der Waals surface area contributed by atoms with Crippen molar-refractivity contribution < 1.29 is 13.2 Å². The molecule has 0 fully saturated rings. The highest BCUT2D eigenvalue weighted by Gasteiger charge is 2.33. The standard InChI is InChI=1S/C11H13ClF3N/c1-2-3-6-16-8-4-5-10(12)9(7-8)11(13,14)15/h4-5,7,16H,2-3,6H2,1H3. The summed E-state index contributed by atoms with van der Waals surface area (Å²) in [5.74, 6) is 0. The number of benzene rings is 1. The normalized spacial score (nSPS) is 11.6. The van der Waals surface area contributed by atoms with Gasteiger partial charge in [0.1, 0.15) is 0 Å². The van der Waals surface area contributed by atoms with E-state index in [1.165, 1.54) is 6.07 Å². The lowest BCUT2D eigenvalue weighted by molar-refractivity contribution is -0.137. The van der Waals surface area contributed by atoms with Crippen molar-refractivity contribution in [3.8, 4) is 0 Å². The highest BCUT2D eigenvalue weighted by Crippen LogP contribution is 2.36. The summed E-state index contributed by atoms with van der Waals surface area (Å²) < 4.78 is 37.5. The zero-order chi connectivity index (χ0) is 12.2. The maximum absolute atomic E-state index is 12.5. The minimum absolute atomic E-state index is 0.270. The van der Waals surface area contributed by atoms with Gasteiger partial charge in [-0.2, -0.15) is 13.2 Å². The van der Waals surface area contributed by atoms with E-state index in [1.54, 1.807) is 6.07 Å². The van der Waals surface area contributed by atoms with Crippen molar-refractivity contribution in [1.29, 1.82) is 0 Å². The van der Waals surface area contributed by atoms with Crippen LogP contribution >= 0.6 is 11.6 Å². The predicted molar refractivity (Wildman–Crippen MR) is 59.9 cm³/mol. The Balaban J connectivity index is 2.82. The van der Waals surface area contributed by atoms with Gasteiger partial charge >= 0.3 is 6.18 Å². The van der Waals surface area contributed by atoms with Crippen LogP contribution in [0.15, 0.2) is 18.2 Å². The predicted octanol–water partition coefficient (Wildman–Crippen LogP) is 4.57. The Bertz CT molecular complexity index is 350. The molecule has 1 nitrogen and oxygen atoms in total. The second-order valence-corrected chi connectivity index (χ2v) is 3.88. The lowest BCUT2D eigenvalue weighted by atomic mass is 10.2. The molecule has 0 radical (unpaired) electrons. The first kappa shape index (κ1) is 13.2. The molecule has 5 heteroatoms. The van der Waals surface area contributed by atoms with E-state index in [0.717, 1.165) is 18.9 Å². The van der Waals surface area contributed by atoms with Crippen LogP contribution < -0.4 is 5.32 Å². The molecule has 0 saturated heterocycles. The maximum atomic E-state index is 12.5. The molecule has 0 amide bonds. The van der Waals surface area contributed by atoms with Gasteiger partial charge in [0.05, 0.1) is 10.6 Å². The number of alkyl halides is 3. The van der Waals surface area contributed by atoms with Gasteiger partial charge in [0, 0.05) is 12.2 Å². The van der Waals surface area contributed by atoms with Gasteiger partial charge < -0.3 is 5.32 Å². The molecule has 0 aliphatic rings. The topological polar surface area (TPSA) is 12.0 Å². The monoisotopic (exact) mass is 251 g/mol. The Labute approximate surface area is 97.6 Å². The van der Waals surface area contributed by atoms with Gasteiger partial charge in [0.15, 0.2) is 0 Å². The van der Waals surface area contributed by atoms with Crippen LogP contribution in [-0.4, -0.2) is 6.54 Å². The van der Waals surface area contributed by atoms with Crippen LogP contribution in [0.1, 0.15) is 25.3 Å². The molecule has 1 N–H and O–H groups in total. The summed E-state index contributed by atoms with van der Waals surface area (Å²) in [7, 11) is 0. The van der Waals surface area contributed by atoms with Crippen LogP contribution in [0, 0.1) is 0 Å². The maximum Gasteiger partial charge on any atom is 0.417 e. The fourth-order valence-electron chi connectivity index (χ4n) is 1.26. The molecule has 90 valence electrons. The van der Waals surface area contributed by atoms with Crippen LogP contribution in [0.4, 0.5) is 18.9 Å². The number of unbranched alkanes of at least 4 members (excludes halogenated alkanes) is 1. The molecule has 16 heavy (non-hydrogen) atoms. The van der Waals surface area contributed by atoms with E-state index in [0.29, 0.717) is 12.2 Å². The van der Waals surface area contributed by atoms with E-state index in [4.69, 9.17) is 11.6 Å². The Morgan fingerprint density at radius 1 is 1.31 bits per heavy atom. The number of rotatable bonds is 4. The number of anilines is 1. The minimum atomic E-state index is -4.40. The molecule has 0 aliphatic heterocycles. The summed E-state index contributed by atoms with van der Waals surface area (Å²) >= 11 is 5.49. The number of hydrogen-bond donors (Lipinski definition) is 1. The molecule has 0 aromatic heterocycles. The van der Waals surface area contributed by atoms with Crippen LogP contribution in [0.3, 0.4) is 0 Å². The Morgan fingerprint density at radius 2 is 2.00 bits per heavy atom. The van der Waals surface area contributed by atoms with Crippen molar-refractivity contribution in [2.45, 2.75) is 25.9 Å².